The molecule has 64 valence electrons. The lowest BCUT2D eigenvalue weighted by atomic mass is 10.3. The van der Waals surface area contributed by atoms with Crippen LogP contribution in [-0.4, -0.2) is 7.11 Å². The summed E-state index contributed by atoms with van der Waals surface area (Å²) in [5.41, 5.74) is 0. The van der Waals surface area contributed by atoms with E-state index in [-0.39, 0.29) is 0 Å². The van der Waals surface area contributed by atoms with Crippen molar-refractivity contribution in [1.29, 1.82) is 0 Å². The van der Waals surface area contributed by atoms with Gasteiger partial charge < -0.3 is 4.74 Å². The molecule has 0 bridgehead atoms. The molecule has 0 radical (unpaired) electrons. The average Bonchev–Trinajstić information content (AvgIpc) is 2.05. The molecule has 2 heteroatoms. The highest BCUT2D eigenvalue weighted by Gasteiger charge is 1.94. The zero-order chi connectivity index (χ0) is 8.97. The van der Waals surface area contributed by atoms with Crippen LogP contribution >= 0.6 is 11.8 Å². The topological polar surface area (TPSA) is 9.23 Å². The minimum Gasteiger partial charge on any atom is -0.497 e. The maximum atomic E-state index is 5.04. The molecule has 1 rings (SSSR count). The fourth-order valence-electron chi connectivity index (χ4n) is 0.845. The van der Waals surface area contributed by atoms with Crippen LogP contribution in [0, 0.1) is 0 Å². The van der Waals surface area contributed by atoms with Gasteiger partial charge in [0.1, 0.15) is 5.75 Å². The Hall–Kier alpha value is -0.890. The molecule has 0 aliphatic rings. The molecule has 0 aromatic heterocycles. The fourth-order valence-corrected chi connectivity index (χ4v) is 1.52. The summed E-state index contributed by atoms with van der Waals surface area (Å²) in [4.78, 5) is 2.29. The van der Waals surface area contributed by atoms with Crippen LogP contribution in [0.25, 0.3) is 0 Å². The minimum atomic E-state index is 0.890. The van der Waals surface area contributed by atoms with E-state index in [1.54, 1.807) is 18.9 Å². The molecule has 0 saturated heterocycles. The molecule has 1 nitrogen and oxygen atoms in total. The second-order valence-electron chi connectivity index (χ2n) is 2.48. The molecule has 1 aromatic carbocycles. The standard InChI is InChI=1S/C10H12OS/c1-8(2)12-10-6-4-9(11-3)5-7-10/h4-7H,1H2,2-3H3. The van der Waals surface area contributed by atoms with Crippen molar-refractivity contribution in [2.75, 3.05) is 7.11 Å². The van der Waals surface area contributed by atoms with Gasteiger partial charge >= 0.3 is 0 Å². The molecular formula is C10H12OS. The van der Waals surface area contributed by atoms with Crippen LogP contribution in [0.2, 0.25) is 0 Å². The molecule has 0 saturated carbocycles. The quantitative estimate of drug-likeness (QED) is 0.660. The first-order valence-electron chi connectivity index (χ1n) is 3.70. The lowest BCUT2D eigenvalue weighted by Crippen LogP contribution is -1.80. The van der Waals surface area contributed by atoms with E-state index >= 15 is 0 Å². The molecule has 0 aliphatic carbocycles. The van der Waals surface area contributed by atoms with E-state index in [0.29, 0.717) is 0 Å². The van der Waals surface area contributed by atoms with Gasteiger partial charge in [-0.05, 0) is 36.1 Å². The zero-order valence-corrected chi connectivity index (χ0v) is 8.15. The minimum absolute atomic E-state index is 0.890. The van der Waals surface area contributed by atoms with Crippen LogP contribution in [0.4, 0.5) is 0 Å². The van der Waals surface area contributed by atoms with Gasteiger partial charge in [-0.3, -0.25) is 0 Å². The van der Waals surface area contributed by atoms with Crippen LogP contribution in [-0.2, 0) is 0 Å². The number of benzene rings is 1. The maximum Gasteiger partial charge on any atom is 0.118 e. The number of hydrogen-bond donors (Lipinski definition) is 0. The van der Waals surface area contributed by atoms with Gasteiger partial charge in [0.15, 0.2) is 0 Å². The van der Waals surface area contributed by atoms with Crippen molar-refractivity contribution in [3.63, 3.8) is 0 Å². The highest BCUT2D eigenvalue weighted by molar-refractivity contribution is 8.03. The van der Waals surface area contributed by atoms with Gasteiger partial charge in [0.25, 0.3) is 0 Å². The smallest absolute Gasteiger partial charge is 0.118 e. The third kappa shape index (κ3) is 2.62. The Morgan fingerprint density at radius 2 is 1.92 bits per heavy atom. The first kappa shape index (κ1) is 9.20. The van der Waals surface area contributed by atoms with Crippen molar-refractivity contribution >= 4 is 11.8 Å². The summed E-state index contributed by atoms with van der Waals surface area (Å²) in [6, 6.07) is 7.95. The number of thioether (sulfide) groups is 1. The summed E-state index contributed by atoms with van der Waals surface area (Å²) in [7, 11) is 1.67. The first-order valence-corrected chi connectivity index (χ1v) is 4.51. The van der Waals surface area contributed by atoms with E-state index in [1.165, 1.54) is 4.90 Å². The molecule has 12 heavy (non-hydrogen) atoms. The number of rotatable bonds is 3. The Morgan fingerprint density at radius 1 is 1.33 bits per heavy atom. The van der Waals surface area contributed by atoms with Gasteiger partial charge in [-0.25, -0.2) is 0 Å². The molecule has 0 spiro atoms. The number of ether oxygens (including phenoxy) is 1. The highest BCUT2D eigenvalue weighted by atomic mass is 32.2. The second-order valence-corrected chi connectivity index (χ2v) is 3.85. The van der Waals surface area contributed by atoms with Gasteiger partial charge in [0.05, 0.1) is 7.11 Å². The summed E-state index contributed by atoms with van der Waals surface area (Å²) in [6.07, 6.45) is 0. The third-order valence-corrected chi connectivity index (χ3v) is 2.21. The number of hydrogen-bond acceptors (Lipinski definition) is 2. The molecule has 0 aliphatic heterocycles. The Kier molecular flexibility index (Phi) is 3.23. The van der Waals surface area contributed by atoms with Crippen molar-refractivity contribution in [2.45, 2.75) is 11.8 Å². The van der Waals surface area contributed by atoms with Crippen molar-refractivity contribution in [2.24, 2.45) is 0 Å². The monoisotopic (exact) mass is 180 g/mol. The summed E-state index contributed by atoms with van der Waals surface area (Å²) in [5.74, 6) is 0.890. The summed E-state index contributed by atoms with van der Waals surface area (Å²) in [6.45, 7) is 5.82. The van der Waals surface area contributed by atoms with Gasteiger partial charge in [0, 0.05) is 4.90 Å². The highest BCUT2D eigenvalue weighted by Crippen LogP contribution is 2.26. The Balaban J connectivity index is 2.71. The Labute approximate surface area is 77.4 Å². The van der Waals surface area contributed by atoms with Crippen LogP contribution in [0.3, 0.4) is 0 Å². The van der Waals surface area contributed by atoms with E-state index in [9.17, 15) is 0 Å². The van der Waals surface area contributed by atoms with Gasteiger partial charge in [-0.2, -0.15) is 0 Å². The van der Waals surface area contributed by atoms with E-state index in [1.807, 2.05) is 31.2 Å². The summed E-state index contributed by atoms with van der Waals surface area (Å²) in [5, 5.41) is 0. The van der Waals surface area contributed by atoms with Crippen molar-refractivity contribution in [1.82, 2.24) is 0 Å². The third-order valence-electron chi connectivity index (χ3n) is 1.35. The summed E-state index contributed by atoms with van der Waals surface area (Å²) >= 11 is 1.67. The molecule has 0 unspecified atom stereocenters. The number of allylic oxidation sites excluding steroid dienone is 1. The van der Waals surface area contributed by atoms with E-state index < -0.39 is 0 Å². The van der Waals surface area contributed by atoms with E-state index in [4.69, 9.17) is 4.74 Å². The second kappa shape index (κ2) is 4.21. The van der Waals surface area contributed by atoms with E-state index in [2.05, 4.69) is 6.58 Å². The predicted octanol–water partition coefficient (Wildman–Crippen LogP) is 3.32. The maximum absolute atomic E-state index is 5.04. The fraction of sp³-hybridized carbons (Fsp3) is 0.200. The molecule has 0 fully saturated rings. The molecule has 1 aromatic rings. The first-order chi connectivity index (χ1) is 5.72. The van der Waals surface area contributed by atoms with Crippen LogP contribution in [0.1, 0.15) is 6.92 Å². The van der Waals surface area contributed by atoms with E-state index in [0.717, 1.165) is 10.7 Å². The average molecular weight is 180 g/mol. The normalized spacial score (nSPS) is 9.50. The van der Waals surface area contributed by atoms with Crippen molar-refractivity contribution < 1.29 is 4.74 Å². The molecule has 0 amide bonds. The van der Waals surface area contributed by atoms with Crippen molar-refractivity contribution in [3.8, 4) is 5.75 Å². The molecule has 0 heterocycles. The predicted molar refractivity (Wildman–Crippen MR) is 53.7 cm³/mol. The molecular weight excluding hydrogens is 168 g/mol. The zero-order valence-electron chi connectivity index (χ0n) is 7.33. The molecule has 0 atom stereocenters. The lowest BCUT2D eigenvalue weighted by molar-refractivity contribution is 0.414. The van der Waals surface area contributed by atoms with Gasteiger partial charge in [-0.1, -0.05) is 18.3 Å². The van der Waals surface area contributed by atoms with Crippen molar-refractivity contribution in [3.05, 3.63) is 35.7 Å². The number of methoxy groups -OCH3 is 1. The lowest BCUT2D eigenvalue weighted by Gasteiger charge is -2.01. The Bertz CT molecular complexity index is 264. The van der Waals surface area contributed by atoms with Crippen LogP contribution in [0.5, 0.6) is 5.75 Å². The largest absolute Gasteiger partial charge is 0.497 e. The van der Waals surface area contributed by atoms with Crippen LogP contribution in [0.15, 0.2) is 40.6 Å². The van der Waals surface area contributed by atoms with Gasteiger partial charge in [0.2, 0.25) is 0 Å². The SMILES string of the molecule is C=C(C)Sc1ccc(OC)cc1. The molecule has 0 N–H and O–H groups in total. The summed E-state index contributed by atoms with van der Waals surface area (Å²) < 4.78 is 5.04. The van der Waals surface area contributed by atoms with Crippen LogP contribution < -0.4 is 4.74 Å². The van der Waals surface area contributed by atoms with Gasteiger partial charge in [-0.15, -0.1) is 0 Å². The Morgan fingerprint density at radius 3 is 2.33 bits per heavy atom.